The second kappa shape index (κ2) is 5.28. The Morgan fingerprint density at radius 2 is 2.20 bits per heavy atom. The SMILES string of the molecule is Cc1cc(CC(N)CCN(C)C)n(C)n1. The first-order valence-electron chi connectivity index (χ1n) is 5.39. The highest BCUT2D eigenvalue weighted by molar-refractivity contribution is 5.09. The molecule has 1 aromatic rings. The standard InChI is InChI=1S/C11H22N4/c1-9-7-11(15(4)13-9)8-10(12)5-6-14(2)3/h7,10H,5-6,8,12H2,1-4H3. The molecule has 1 unspecified atom stereocenters. The Morgan fingerprint density at radius 3 is 2.67 bits per heavy atom. The van der Waals surface area contributed by atoms with Crippen LogP contribution < -0.4 is 5.73 Å². The highest BCUT2D eigenvalue weighted by Gasteiger charge is 2.08. The first-order valence-corrected chi connectivity index (χ1v) is 5.39. The maximum atomic E-state index is 6.06. The molecule has 1 aromatic heterocycles. The van der Waals surface area contributed by atoms with Crippen LogP contribution in [0.15, 0.2) is 6.07 Å². The van der Waals surface area contributed by atoms with Gasteiger partial charge in [0.25, 0.3) is 0 Å². The summed E-state index contributed by atoms with van der Waals surface area (Å²) >= 11 is 0. The van der Waals surface area contributed by atoms with Gasteiger partial charge in [-0.3, -0.25) is 4.68 Å². The fourth-order valence-electron chi connectivity index (χ4n) is 1.65. The minimum Gasteiger partial charge on any atom is -0.327 e. The zero-order valence-corrected chi connectivity index (χ0v) is 10.2. The van der Waals surface area contributed by atoms with E-state index in [1.807, 2.05) is 18.7 Å². The largest absolute Gasteiger partial charge is 0.327 e. The summed E-state index contributed by atoms with van der Waals surface area (Å²) in [6, 6.07) is 2.33. The summed E-state index contributed by atoms with van der Waals surface area (Å²) in [4.78, 5) is 2.16. The van der Waals surface area contributed by atoms with Crippen molar-refractivity contribution in [1.29, 1.82) is 0 Å². The smallest absolute Gasteiger partial charge is 0.0596 e. The fraction of sp³-hybridized carbons (Fsp3) is 0.727. The monoisotopic (exact) mass is 210 g/mol. The van der Waals surface area contributed by atoms with Gasteiger partial charge in [-0.25, -0.2) is 0 Å². The van der Waals surface area contributed by atoms with E-state index in [2.05, 4.69) is 30.2 Å². The van der Waals surface area contributed by atoms with Gasteiger partial charge in [0.2, 0.25) is 0 Å². The molecule has 15 heavy (non-hydrogen) atoms. The molecule has 1 atom stereocenters. The molecule has 0 aliphatic heterocycles. The molecule has 4 nitrogen and oxygen atoms in total. The molecule has 2 N–H and O–H groups in total. The highest BCUT2D eigenvalue weighted by atomic mass is 15.3. The topological polar surface area (TPSA) is 47.1 Å². The van der Waals surface area contributed by atoms with Crippen molar-refractivity contribution in [2.75, 3.05) is 20.6 Å². The molecular formula is C11H22N4. The summed E-state index contributed by atoms with van der Waals surface area (Å²) in [6.07, 6.45) is 1.93. The molecule has 0 amide bonds. The van der Waals surface area contributed by atoms with Crippen LogP contribution in [0.1, 0.15) is 17.8 Å². The summed E-state index contributed by atoms with van der Waals surface area (Å²) < 4.78 is 1.92. The van der Waals surface area contributed by atoms with Crippen LogP contribution in [0.3, 0.4) is 0 Å². The number of nitrogens with zero attached hydrogens (tertiary/aromatic N) is 3. The summed E-state index contributed by atoms with van der Waals surface area (Å²) in [5, 5.41) is 4.31. The molecule has 0 radical (unpaired) electrons. The predicted molar refractivity (Wildman–Crippen MR) is 62.8 cm³/mol. The van der Waals surface area contributed by atoms with Crippen LogP contribution in [0, 0.1) is 6.92 Å². The van der Waals surface area contributed by atoms with E-state index in [-0.39, 0.29) is 6.04 Å². The first-order chi connectivity index (χ1) is 6.99. The van der Waals surface area contributed by atoms with Crippen molar-refractivity contribution < 1.29 is 0 Å². The Labute approximate surface area is 92.1 Å². The van der Waals surface area contributed by atoms with Crippen molar-refractivity contribution in [3.05, 3.63) is 17.5 Å². The molecule has 0 bridgehead atoms. The van der Waals surface area contributed by atoms with E-state index in [1.165, 1.54) is 5.69 Å². The van der Waals surface area contributed by atoms with Crippen molar-refractivity contribution in [3.8, 4) is 0 Å². The zero-order chi connectivity index (χ0) is 11.4. The lowest BCUT2D eigenvalue weighted by Gasteiger charge is -2.15. The van der Waals surface area contributed by atoms with Crippen LogP contribution in [0.25, 0.3) is 0 Å². The van der Waals surface area contributed by atoms with Gasteiger partial charge < -0.3 is 10.6 Å². The quantitative estimate of drug-likeness (QED) is 0.772. The highest BCUT2D eigenvalue weighted by Crippen LogP contribution is 2.06. The molecule has 1 rings (SSSR count). The lowest BCUT2D eigenvalue weighted by atomic mass is 10.1. The first kappa shape index (κ1) is 12.2. The van der Waals surface area contributed by atoms with E-state index in [1.54, 1.807) is 0 Å². The minimum atomic E-state index is 0.224. The van der Waals surface area contributed by atoms with Crippen LogP contribution in [0.4, 0.5) is 0 Å². The van der Waals surface area contributed by atoms with E-state index < -0.39 is 0 Å². The van der Waals surface area contributed by atoms with Gasteiger partial charge in [-0.1, -0.05) is 0 Å². The third-order valence-corrected chi connectivity index (χ3v) is 2.52. The normalized spacial score (nSPS) is 13.5. The van der Waals surface area contributed by atoms with Gasteiger partial charge in [0.1, 0.15) is 0 Å². The van der Waals surface area contributed by atoms with Crippen LogP contribution in [-0.4, -0.2) is 41.4 Å². The minimum absolute atomic E-state index is 0.224. The Bertz CT molecular complexity index is 304. The van der Waals surface area contributed by atoms with Gasteiger partial charge in [0, 0.05) is 25.2 Å². The van der Waals surface area contributed by atoms with E-state index >= 15 is 0 Å². The van der Waals surface area contributed by atoms with Crippen molar-refractivity contribution in [1.82, 2.24) is 14.7 Å². The maximum absolute atomic E-state index is 6.06. The van der Waals surface area contributed by atoms with Crippen LogP contribution in [0.2, 0.25) is 0 Å². The predicted octanol–water partition coefficient (Wildman–Crippen LogP) is 0.550. The lowest BCUT2D eigenvalue weighted by molar-refractivity contribution is 0.378. The van der Waals surface area contributed by atoms with E-state index in [4.69, 9.17) is 5.73 Å². The van der Waals surface area contributed by atoms with Gasteiger partial charge in [-0.05, 0) is 40.1 Å². The van der Waals surface area contributed by atoms with Crippen LogP contribution in [0.5, 0.6) is 0 Å². The second-order valence-corrected chi connectivity index (χ2v) is 4.46. The van der Waals surface area contributed by atoms with Crippen LogP contribution in [-0.2, 0) is 13.5 Å². The van der Waals surface area contributed by atoms with Crippen molar-refractivity contribution >= 4 is 0 Å². The molecular weight excluding hydrogens is 188 g/mol. The summed E-state index contributed by atoms with van der Waals surface area (Å²) in [5.41, 5.74) is 8.35. The average molecular weight is 210 g/mol. The van der Waals surface area contributed by atoms with Gasteiger partial charge >= 0.3 is 0 Å². The zero-order valence-electron chi connectivity index (χ0n) is 10.2. The molecule has 0 aliphatic carbocycles. The Hall–Kier alpha value is -0.870. The molecule has 4 heteroatoms. The Kier molecular flexibility index (Phi) is 4.29. The van der Waals surface area contributed by atoms with Gasteiger partial charge in [0.15, 0.2) is 0 Å². The van der Waals surface area contributed by atoms with Crippen LogP contribution >= 0.6 is 0 Å². The molecule has 0 aromatic carbocycles. The summed E-state index contributed by atoms with van der Waals surface area (Å²) in [5.74, 6) is 0. The summed E-state index contributed by atoms with van der Waals surface area (Å²) in [7, 11) is 6.11. The number of aryl methyl sites for hydroxylation is 2. The molecule has 86 valence electrons. The number of hydrogen-bond acceptors (Lipinski definition) is 3. The molecule has 0 saturated carbocycles. The summed E-state index contributed by atoms with van der Waals surface area (Å²) in [6.45, 7) is 3.05. The van der Waals surface area contributed by atoms with Crippen molar-refractivity contribution in [2.45, 2.75) is 25.8 Å². The van der Waals surface area contributed by atoms with Gasteiger partial charge in [0.05, 0.1) is 5.69 Å². The number of hydrogen-bond donors (Lipinski definition) is 1. The third-order valence-electron chi connectivity index (χ3n) is 2.52. The molecule has 0 saturated heterocycles. The Balaban J connectivity index is 2.44. The Morgan fingerprint density at radius 1 is 1.53 bits per heavy atom. The third kappa shape index (κ3) is 4.01. The molecule has 0 spiro atoms. The van der Waals surface area contributed by atoms with Crippen molar-refractivity contribution in [2.24, 2.45) is 12.8 Å². The van der Waals surface area contributed by atoms with E-state index in [0.717, 1.165) is 25.1 Å². The second-order valence-electron chi connectivity index (χ2n) is 4.46. The van der Waals surface area contributed by atoms with E-state index in [0.29, 0.717) is 0 Å². The number of rotatable bonds is 5. The molecule has 0 aliphatic rings. The number of nitrogens with two attached hydrogens (primary N) is 1. The molecule has 1 heterocycles. The van der Waals surface area contributed by atoms with Gasteiger partial charge in [-0.2, -0.15) is 5.10 Å². The maximum Gasteiger partial charge on any atom is 0.0596 e. The number of aromatic nitrogens is 2. The fourth-order valence-corrected chi connectivity index (χ4v) is 1.65. The molecule has 0 fully saturated rings. The lowest BCUT2D eigenvalue weighted by Crippen LogP contribution is -2.28. The average Bonchev–Trinajstić information content (AvgIpc) is 2.42. The van der Waals surface area contributed by atoms with Gasteiger partial charge in [-0.15, -0.1) is 0 Å². The van der Waals surface area contributed by atoms with Crippen molar-refractivity contribution in [3.63, 3.8) is 0 Å². The van der Waals surface area contributed by atoms with E-state index in [9.17, 15) is 0 Å².